The van der Waals surface area contributed by atoms with E-state index in [1.165, 1.54) is 58.4 Å². The summed E-state index contributed by atoms with van der Waals surface area (Å²) in [4.78, 5) is 72.7. The molecule has 6 atom stereocenters. The number of carbonyl (C=O) groups excluding carboxylic acids is 4. The average Bonchev–Trinajstić information content (AvgIpc) is 3.85. The zero-order valence-corrected chi connectivity index (χ0v) is 33.2. The van der Waals surface area contributed by atoms with Crippen molar-refractivity contribution < 1.29 is 33.9 Å². The van der Waals surface area contributed by atoms with Crippen molar-refractivity contribution in [2.24, 2.45) is 36.1 Å². The molecule has 0 radical (unpaired) electrons. The van der Waals surface area contributed by atoms with E-state index in [0.717, 1.165) is 25.4 Å². The van der Waals surface area contributed by atoms with E-state index in [1.807, 2.05) is 31.2 Å². The third kappa shape index (κ3) is 5.23. The maximum absolute atomic E-state index is 15.2. The van der Waals surface area contributed by atoms with Crippen molar-refractivity contribution >= 4 is 85.4 Å². The molecule has 9 rings (SSSR count). The van der Waals surface area contributed by atoms with Crippen LogP contribution in [0.1, 0.15) is 36.8 Å². The molecule has 4 amide bonds. The Hall–Kier alpha value is -5.57. The van der Waals surface area contributed by atoms with Gasteiger partial charge in [0, 0.05) is 40.9 Å². The van der Waals surface area contributed by atoms with E-state index in [-0.39, 0.29) is 46.6 Å². The molecule has 4 heterocycles. The van der Waals surface area contributed by atoms with Gasteiger partial charge in [-0.1, -0.05) is 40.9 Å². The number of aromatic hydroxyl groups is 1. The molecule has 1 saturated carbocycles. The first-order valence-electron chi connectivity index (χ1n) is 18.2. The van der Waals surface area contributed by atoms with Crippen molar-refractivity contribution in [1.29, 1.82) is 0 Å². The Morgan fingerprint density at radius 2 is 1.77 bits per heavy atom. The van der Waals surface area contributed by atoms with E-state index in [1.54, 1.807) is 26.1 Å². The van der Waals surface area contributed by atoms with Crippen molar-refractivity contribution in [3.8, 4) is 22.1 Å². The van der Waals surface area contributed by atoms with Crippen molar-refractivity contribution in [2.45, 2.75) is 32.6 Å². The van der Waals surface area contributed by atoms with Crippen molar-refractivity contribution in [3.63, 3.8) is 0 Å². The third-order valence-corrected chi connectivity index (χ3v) is 14.2. The summed E-state index contributed by atoms with van der Waals surface area (Å²) in [6.07, 6.45) is 2.11. The Bertz CT molecular complexity index is 2690. The highest BCUT2D eigenvalue weighted by Gasteiger charge is 2.68. The molecule has 3 fully saturated rings. The fourth-order valence-electron chi connectivity index (χ4n) is 9.75. The maximum Gasteiger partial charge on any atom is 0.271 e. The molecular weight excluding hydrogens is 793 g/mol. The lowest BCUT2D eigenvalue weighted by molar-refractivity contribution is -0.384. The van der Waals surface area contributed by atoms with Crippen LogP contribution in [0, 0.1) is 46.1 Å². The summed E-state index contributed by atoms with van der Waals surface area (Å²) in [6.45, 7) is 3.72. The normalized spacial score (nSPS) is 25.5. The molecular formula is C41H33Cl2N5O8S. The summed E-state index contributed by atoms with van der Waals surface area (Å²) in [7, 11) is 3.04. The minimum atomic E-state index is -1.42. The quantitative estimate of drug-likeness (QED) is 0.0774. The van der Waals surface area contributed by atoms with Crippen LogP contribution in [0.15, 0.2) is 72.3 Å². The predicted octanol–water partition coefficient (Wildman–Crippen LogP) is 7.97. The van der Waals surface area contributed by atoms with Crippen molar-refractivity contribution in [1.82, 2.24) is 9.78 Å². The van der Waals surface area contributed by atoms with Crippen LogP contribution in [-0.4, -0.2) is 50.5 Å². The lowest BCUT2D eigenvalue weighted by Gasteiger charge is -2.49. The molecule has 2 saturated heterocycles. The van der Waals surface area contributed by atoms with Gasteiger partial charge >= 0.3 is 0 Å². The minimum Gasteiger partial charge on any atom is -0.503 e. The summed E-state index contributed by atoms with van der Waals surface area (Å²) >= 11 is 14.4. The SMILES string of the molecule is COc1cc([C@H]2C3=CC[C@@H]4C(=O)N(c5cccc([N+](=O)[O-])c5)C(=O)[C@@H]4[C@@H]3C[C@H]3C(=O)N(c4cc(-c5sc6ccc(Cl)cc6c5C)nn4C)C(=O)[C@@]23C)cc(Cl)c1O. The molecule has 16 heteroatoms. The number of hydrogen-bond donors (Lipinski definition) is 1. The highest BCUT2D eigenvalue weighted by Crippen LogP contribution is 2.64. The van der Waals surface area contributed by atoms with Gasteiger partial charge in [-0.3, -0.25) is 34.0 Å². The Morgan fingerprint density at radius 3 is 2.51 bits per heavy atom. The molecule has 4 aliphatic rings. The first kappa shape index (κ1) is 37.0. The number of nitrogens with zero attached hydrogens (tertiary/aromatic N) is 5. The molecule has 1 N–H and O–H groups in total. The van der Waals surface area contributed by atoms with Gasteiger partial charge in [-0.25, -0.2) is 9.80 Å². The number of aromatic nitrogens is 2. The maximum atomic E-state index is 15.2. The van der Waals surface area contributed by atoms with Crippen LogP contribution in [0.5, 0.6) is 11.5 Å². The number of hydrogen-bond acceptors (Lipinski definition) is 10. The van der Waals surface area contributed by atoms with E-state index >= 15 is 4.79 Å². The number of anilines is 2. The second-order valence-electron chi connectivity index (χ2n) is 15.2. The molecule has 2 aliphatic heterocycles. The number of benzene rings is 3. The van der Waals surface area contributed by atoms with Gasteiger partial charge in [-0.15, -0.1) is 11.3 Å². The number of phenols is 1. The Kier molecular flexibility index (Phi) is 8.43. The summed E-state index contributed by atoms with van der Waals surface area (Å²) in [5.74, 6) is -6.13. The van der Waals surface area contributed by atoms with E-state index in [0.29, 0.717) is 21.9 Å². The number of amides is 4. The van der Waals surface area contributed by atoms with Gasteiger partial charge in [0.25, 0.3) is 5.69 Å². The van der Waals surface area contributed by atoms with E-state index in [4.69, 9.17) is 33.0 Å². The summed E-state index contributed by atoms with van der Waals surface area (Å²) < 4.78 is 8.00. The minimum absolute atomic E-state index is 0.0326. The number of methoxy groups -OCH3 is 1. The molecule has 2 aliphatic carbocycles. The number of ether oxygens (including phenoxy) is 1. The van der Waals surface area contributed by atoms with Crippen LogP contribution in [0.3, 0.4) is 0 Å². The molecule has 0 unspecified atom stereocenters. The van der Waals surface area contributed by atoms with E-state index in [9.17, 15) is 29.6 Å². The zero-order chi connectivity index (χ0) is 40.4. The summed E-state index contributed by atoms with van der Waals surface area (Å²) in [5.41, 5.74) is 1.10. The van der Waals surface area contributed by atoms with Gasteiger partial charge in [0.1, 0.15) is 11.5 Å². The fourth-order valence-corrected chi connectivity index (χ4v) is 11.3. The number of phenolic OH excluding ortho intramolecular Hbond substituents is 1. The third-order valence-electron chi connectivity index (χ3n) is 12.4. The standard InChI is InChI=1S/C41H33Cl2N5O8S/c1-18-25-14-20(42)8-11-31(25)57-36(18)29-17-32(45(3)44-29)47-38(51)27-16-26-23(34(41(27,2)40(47)53)19-12-28(43)35(49)30(13-19)56-4)9-10-24-33(26)39(52)46(37(24)50)21-6-5-7-22(15-21)48(54)55/h5-9,11-15,17,24,26-27,33-34,49H,10,16H2,1-4H3/t24-,26+,27-,33-,34-,41+/m0/s1. The second kappa shape index (κ2) is 13.0. The molecule has 13 nitrogen and oxygen atoms in total. The van der Waals surface area contributed by atoms with Gasteiger partial charge in [0.2, 0.25) is 23.6 Å². The average molecular weight is 827 g/mol. The highest BCUT2D eigenvalue weighted by molar-refractivity contribution is 7.22. The Balaban J connectivity index is 1.17. The number of nitro groups is 1. The number of rotatable bonds is 6. The number of imide groups is 2. The smallest absolute Gasteiger partial charge is 0.271 e. The van der Waals surface area contributed by atoms with Gasteiger partial charge in [-0.2, -0.15) is 5.10 Å². The van der Waals surface area contributed by atoms with Crippen LogP contribution >= 0.6 is 34.5 Å². The topological polar surface area (TPSA) is 165 Å². The molecule has 290 valence electrons. The number of nitro benzene ring substituents is 1. The van der Waals surface area contributed by atoms with Crippen molar-refractivity contribution in [2.75, 3.05) is 16.9 Å². The first-order valence-corrected chi connectivity index (χ1v) is 19.7. The number of thiophene rings is 1. The van der Waals surface area contributed by atoms with Gasteiger partial charge < -0.3 is 9.84 Å². The highest BCUT2D eigenvalue weighted by atomic mass is 35.5. The van der Waals surface area contributed by atoms with Crippen molar-refractivity contribution in [3.05, 3.63) is 104 Å². The van der Waals surface area contributed by atoms with E-state index in [2.05, 4.69) is 0 Å². The fraction of sp³-hybridized carbons (Fsp3) is 0.293. The largest absolute Gasteiger partial charge is 0.503 e. The molecule has 5 aromatic rings. The lowest BCUT2D eigenvalue weighted by atomic mass is 9.51. The van der Waals surface area contributed by atoms with Gasteiger partial charge in [0.05, 0.1) is 50.8 Å². The summed E-state index contributed by atoms with van der Waals surface area (Å²) in [5, 5.41) is 28.7. The number of fused-ring (bicyclic) bond motifs is 5. The van der Waals surface area contributed by atoms with Crippen LogP contribution < -0.4 is 14.5 Å². The number of carbonyl (C=O) groups is 4. The van der Waals surface area contributed by atoms with Crippen LogP contribution in [0.2, 0.25) is 10.0 Å². The number of non-ortho nitro benzene ring substituents is 1. The lowest BCUT2D eigenvalue weighted by Crippen LogP contribution is -2.49. The van der Waals surface area contributed by atoms with E-state index < -0.39 is 63.6 Å². The van der Waals surface area contributed by atoms with Crippen LogP contribution in [-0.2, 0) is 26.2 Å². The van der Waals surface area contributed by atoms with Gasteiger partial charge in [0.15, 0.2) is 11.5 Å². The Morgan fingerprint density at radius 1 is 1.00 bits per heavy atom. The number of aryl methyl sites for hydroxylation is 2. The second-order valence-corrected chi connectivity index (χ2v) is 17.1. The number of allylic oxidation sites excluding steroid dienone is 2. The number of halogens is 2. The molecule has 3 aromatic carbocycles. The van der Waals surface area contributed by atoms with Crippen LogP contribution in [0.4, 0.5) is 17.2 Å². The first-order chi connectivity index (χ1) is 27.1. The summed E-state index contributed by atoms with van der Waals surface area (Å²) in [6, 6.07) is 15.9. The molecule has 57 heavy (non-hydrogen) atoms. The molecule has 2 aromatic heterocycles. The molecule has 0 spiro atoms. The van der Waals surface area contributed by atoms with Crippen LogP contribution in [0.25, 0.3) is 20.7 Å². The monoisotopic (exact) mass is 825 g/mol. The zero-order valence-electron chi connectivity index (χ0n) is 30.9. The van der Waals surface area contributed by atoms with Gasteiger partial charge in [-0.05, 0) is 85.5 Å². The molecule has 0 bridgehead atoms. The Labute approximate surface area is 339 Å². The predicted molar refractivity (Wildman–Crippen MR) is 214 cm³/mol.